The molecule has 0 saturated heterocycles. The summed E-state index contributed by atoms with van der Waals surface area (Å²) in [5, 5.41) is 3.00. The zero-order valence-corrected chi connectivity index (χ0v) is 11.9. The lowest BCUT2D eigenvalue weighted by Crippen LogP contribution is -2.37. The molecule has 0 aromatic heterocycles. The predicted octanol–water partition coefficient (Wildman–Crippen LogP) is 1.97. The minimum atomic E-state index is 0.175. The summed E-state index contributed by atoms with van der Waals surface area (Å²) >= 11 is 0. The smallest absolute Gasteiger partial charge is 0.223 e. The van der Waals surface area contributed by atoms with Crippen LogP contribution in [0.4, 0.5) is 0 Å². The van der Waals surface area contributed by atoms with Crippen molar-refractivity contribution >= 4 is 5.91 Å². The van der Waals surface area contributed by atoms with Crippen LogP contribution in [0.5, 0.6) is 0 Å². The van der Waals surface area contributed by atoms with Crippen LogP contribution in [0.15, 0.2) is 0 Å². The summed E-state index contributed by atoms with van der Waals surface area (Å²) in [5.74, 6) is 0.369. The average molecular weight is 268 g/mol. The summed E-state index contributed by atoms with van der Waals surface area (Å²) in [6, 6.07) is 0.304. The van der Waals surface area contributed by atoms with Crippen LogP contribution in [0.1, 0.15) is 57.8 Å². The van der Waals surface area contributed by atoms with Crippen LogP contribution in [0.2, 0.25) is 0 Å². The molecular formula is C15H28N2O2. The van der Waals surface area contributed by atoms with E-state index >= 15 is 0 Å². The molecule has 0 atom stereocenters. The van der Waals surface area contributed by atoms with Gasteiger partial charge in [0, 0.05) is 18.5 Å². The first-order chi connectivity index (χ1) is 9.25. The molecule has 2 saturated carbocycles. The Morgan fingerprint density at radius 1 is 1.05 bits per heavy atom. The molecule has 0 unspecified atom stereocenters. The molecule has 0 aromatic rings. The van der Waals surface area contributed by atoms with E-state index in [0.717, 1.165) is 25.7 Å². The van der Waals surface area contributed by atoms with Crippen molar-refractivity contribution in [2.24, 2.45) is 11.7 Å². The maximum atomic E-state index is 11.9. The molecule has 2 rings (SSSR count). The monoisotopic (exact) mass is 268 g/mol. The van der Waals surface area contributed by atoms with Gasteiger partial charge >= 0.3 is 0 Å². The third-order valence-electron chi connectivity index (χ3n) is 4.45. The summed E-state index contributed by atoms with van der Waals surface area (Å²) in [6.07, 6.45) is 10.6. The van der Waals surface area contributed by atoms with Gasteiger partial charge in [-0.25, -0.2) is 0 Å². The third-order valence-corrected chi connectivity index (χ3v) is 4.45. The number of hydrogen-bond donors (Lipinski definition) is 2. The molecule has 110 valence electrons. The zero-order valence-electron chi connectivity index (χ0n) is 11.9. The van der Waals surface area contributed by atoms with Crippen LogP contribution in [-0.4, -0.2) is 31.2 Å². The molecule has 0 bridgehead atoms. The van der Waals surface area contributed by atoms with E-state index < -0.39 is 0 Å². The van der Waals surface area contributed by atoms with Gasteiger partial charge in [0.05, 0.1) is 12.7 Å². The van der Waals surface area contributed by atoms with Crippen molar-refractivity contribution in [2.45, 2.75) is 69.9 Å². The summed E-state index contributed by atoms with van der Waals surface area (Å²) in [5.41, 5.74) is 5.85. The van der Waals surface area contributed by atoms with E-state index in [-0.39, 0.29) is 11.8 Å². The molecule has 1 amide bonds. The lowest BCUT2D eigenvalue weighted by Gasteiger charge is -2.25. The van der Waals surface area contributed by atoms with Crippen LogP contribution >= 0.6 is 0 Å². The van der Waals surface area contributed by atoms with Gasteiger partial charge in [0.25, 0.3) is 0 Å². The third kappa shape index (κ3) is 5.11. The highest BCUT2D eigenvalue weighted by Gasteiger charge is 2.24. The van der Waals surface area contributed by atoms with Crippen molar-refractivity contribution in [3.05, 3.63) is 0 Å². The van der Waals surface area contributed by atoms with E-state index in [0.29, 0.717) is 25.3 Å². The van der Waals surface area contributed by atoms with Crippen LogP contribution in [0.25, 0.3) is 0 Å². The highest BCUT2D eigenvalue weighted by molar-refractivity contribution is 5.78. The first kappa shape index (κ1) is 14.8. The first-order valence-electron chi connectivity index (χ1n) is 7.90. The lowest BCUT2D eigenvalue weighted by molar-refractivity contribution is -0.126. The van der Waals surface area contributed by atoms with Gasteiger partial charge in [0.15, 0.2) is 0 Å². The molecule has 4 nitrogen and oxygen atoms in total. The van der Waals surface area contributed by atoms with Crippen molar-refractivity contribution in [3.8, 4) is 0 Å². The molecule has 2 aliphatic rings. The van der Waals surface area contributed by atoms with Gasteiger partial charge in [-0.3, -0.25) is 4.79 Å². The Morgan fingerprint density at radius 2 is 1.74 bits per heavy atom. The van der Waals surface area contributed by atoms with Gasteiger partial charge in [-0.1, -0.05) is 19.3 Å². The Morgan fingerprint density at radius 3 is 2.42 bits per heavy atom. The van der Waals surface area contributed by atoms with Crippen LogP contribution in [0, 0.1) is 5.92 Å². The van der Waals surface area contributed by atoms with E-state index in [2.05, 4.69) is 5.32 Å². The van der Waals surface area contributed by atoms with Gasteiger partial charge in [0.1, 0.15) is 0 Å². The zero-order chi connectivity index (χ0) is 13.5. The van der Waals surface area contributed by atoms with E-state index in [4.69, 9.17) is 10.5 Å². The second kappa shape index (κ2) is 7.85. The van der Waals surface area contributed by atoms with Gasteiger partial charge < -0.3 is 15.8 Å². The van der Waals surface area contributed by atoms with E-state index in [1.165, 1.54) is 32.1 Å². The fourth-order valence-electron chi connectivity index (χ4n) is 3.16. The van der Waals surface area contributed by atoms with Gasteiger partial charge in [-0.15, -0.1) is 0 Å². The molecule has 0 heterocycles. The van der Waals surface area contributed by atoms with Crippen molar-refractivity contribution in [2.75, 3.05) is 13.2 Å². The SMILES string of the molecule is NC1CCC(C(=O)NCCOC2CCCCC2)CC1. The maximum absolute atomic E-state index is 11.9. The first-order valence-corrected chi connectivity index (χ1v) is 7.90. The summed E-state index contributed by atoms with van der Waals surface area (Å²) in [6.45, 7) is 1.31. The van der Waals surface area contributed by atoms with Gasteiger partial charge in [-0.2, -0.15) is 0 Å². The quantitative estimate of drug-likeness (QED) is 0.749. The number of amides is 1. The molecule has 19 heavy (non-hydrogen) atoms. The van der Waals surface area contributed by atoms with Crippen LogP contribution in [0.3, 0.4) is 0 Å². The van der Waals surface area contributed by atoms with Crippen LogP contribution < -0.4 is 11.1 Å². The predicted molar refractivity (Wildman–Crippen MR) is 75.8 cm³/mol. The number of nitrogens with one attached hydrogen (secondary N) is 1. The van der Waals surface area contributed by atoms with Crippen molar-refractivity contribution in [1.82, 2.24) is 5.32 Å². The summed E-state index contributed by atoms with van der Waals surface area (Å²) in [7, 11) is 0. The summed E-state index contributed by atoms with van der Waals surface area (Å²) in [4.78, 5) is 11.9. The van der Waals surface area contributed by atoms with Crippen LogP contribution in [-0.2, 0) is 9.53 Å². The normalized spacial score (nSPS) is 29.1. The molecule has 0 radical (unpaired) electrons. The second-order valence-corrected chi connectivity index (χ2v) is 6.03. The molecule has 0 aromatic carbocycles. The number of ether oxygens (including phenoxy) is 1. The lowest BCUT2D eigenvalue weighted by atomic mass is 9.86. The van der Waals surface area contributed by atoms with Crippen molar-refractivity contribution in [3.63, 3.8) is 0 Å². The Hall–Kier alpha value is -0.610. The van der Waals surface area contributed by atoms with Crippen molar-refractivity contribution in [1.29, 1.82) is 0 Å². The highest BCUT2D eigenvalue weighted by Crippen LogP contribution is 2.23. The standard InChI is InChI=1S/C15H28N2O2/c16-13-8-6-12(7-9-13)15(18)17-10-11-19-14-4-2-1-3-5-14/h12-14H,1-11,16H2,(H,17,18). The minimum Gasteiger partial charge on any atom is -0.376 e. The van der Waals surface area contributed by atoms with E-state index in [9.17, 15) is 4.79 Å². The topological polar surface area (TPSA) is 64.4 Å². The molecule has 2 aliphatic carbocycles. The number of nitrogens with two attached hydrogens (primary N) is 1. The molecular weight excluding hydrogens is 240 g/mol. The average Bonchev–Trinajstić information content (AvgIpc) is 2.45. The number of carbonyl (C=O) groups excluding carboxylic acids is 1. The Labute approximate surface area is 116 Å². The molecule has 3 N–H and O–H groups in total. The minimum absolute atomic E-state index is 0.175. The molecule has 2 fully saturated rings. The van der Waals surface area contributed by atoms with Gasteiger partial charge in [0.2, 0.25) is 5.91 Å². The van der Waals surface area contributed by atoms with E-state index in [1.807, 2.05) is 0 Å². The van der Waals surface area contributed by atoms with Gasteiger partial charge in [-0.05, 0) is 38.5 Å². The van der Waals surface area contributed by atoms with E-state index in [1.54, 1.807) is 0 Å². The Bertz CT molecular complexity index is 269. The maximum Gasteiger partial charge on any atom is 0.223 e. The molecule has 4 heteroatoms. The Balaban J connectivity index is 1.53. The highest BCUT2D eigenvalue weighted by atomic mass is 16.5. The Kier molecular flexibility index (Phi) is 6.11. The summed E-state index contributed by atoms with van der Waals surface area (Å²) < 4.78 is 5.80. The largest absolute Gasteiger partial charge is 0.376 e. The second-order valence-electron chi connectivity index (χ2n) is 6.03. The molecule has 0 spiro atoms. The van der Waals surface area contributed by atoms with Crippen molar-refractivity contribution < 1.29 is 9.53 Å². The number of hydrogen-bond acceptors (Lipinski definition) is 3. The number of rotatable bonds is 5. The number of carbonyl (C=O) groups is 1. The fraction of sp³-hybridized carbons (Fsp3) is 0.933. The molecule has 0 aliphatic heterocycles. The fourth-order valence-corrected chi connectivity index (χ4v) is 3.16.